The summed E-state index contributed by atoms with van der Waals surface area (Å²) in [6.45, 7) is 1.11. The van der Waals surface area contributed by atoms with Gasteiger partial charge in [0.2, 0.25) is 5.95 Å². The third-order valence-corrected chi connectivity index (χ3v) is 2.43. The van der Waals surface area contributed by atoms with Gasteiger partial charge in [0, 0.05) is 12.2 Å². The van der Waals surface area contributed by atoms with Crippen LogP contribution < -0.4 is 5.32 Å². The molecule has 2 nitrogen and oxygen atoms in total. The van der Waals surface area contributed by atoms with Crippen molar-refractivity contribution in [2.45, 2.75) is 25.3 Å². The van der Waals surface area contributed by atoms with Crippen molar-refractivity contribution in [2.24, 2.45) is 0 Å². The van der Waals surface area contributed by atoms with Crippen LogP contribution in [0, 0.1) is 5.95 Å². The molecule has 1 aromatic rings. The summed E-state index contributed by atoms with van der Waals surface area (Å²) in [5.74, 6) is -0.400. The van der Waals surface area contributed by atoms with Crippen molar-refractivity contribution in [1.29, 1.82) is 0 Å². The van der Waals surface area contributed by atoms with Crippen LogP contribution in [0.1, 0.15) is 18.4 Å². The number of rotatable bonds is 2. The Morgan fingerprint density at radius 1 is 1.54 bits per heavy atom. The van der Waals surface area contributed by atoms with Crippen molar-refractivity contribution in [2.75, 3.05) is 6.54 Å². The number of aromatic nitrogens is 1. The number of halogens is 1. The topological polar surface area (TPSA) is 24.9 Å². The molecule has 3 heteroatoms. The molecular weight excluding hydrogens is 167 g/mol. The van der Waals surface area contributed by atoms with E-state index in [-0.39, 0.29) is 0 Å². The largest absolute Gasteiger partial charge is 0.314 e. The van der Waals surface area contributed by atoms with Gasteiger partial charge in [0.15, 0.2) is 0 Å². The zero-order chi connectivity index (χ0) is 9.10. The van der Waals surface area contributed by atoms with Gasteiger partial charge in [-0.05, 0) is 37.4 Å². The van der Waals surface area contributed by atoms with Crippen LogP contribution >= 0.6 is 0 Å². The first-order chi connectivity index (χ1) is 6.34. The van der Waals surface area contributed by atoms with E-state index < -0.39 is 5.95 Å². The Morgan fingerprint density at radius 2 is 2.46 bits per heavy atom. The van der Waals surface area contributed by atoms with E-state index in [9.17, 15) is 4.39 Å². The highest BCUT2D eigenvalue weighted by molar-refractivity contribution is 5.11. The van der Waals surface area contributed by atoms with E-state index in [0.717, 1.165) is 18.5 Å². The van der Waals surface area contributed by atoms with Crippen LogP contribution in [0.4, 0.5) is 4.39 Å². The zero-order valence-corrected chi connectivity index (χ0v) is 7.46. The van der Waals surface area contributed by atoms with Gasteiger partial charge in [-0.1, -0.05) is 6.07 Å². The molecule has 1 fully saturated rings. The average molecular weight is 180 g/mol. The Labute approximate surface area is 77.2 Å². The summed E-state index contributed by atoms with van der Waals surface area (Å²) in [5.41, 5.74) is 1.11. The summed E-state index contributed by atoms with van der Waals surface area (Å²) in [7, 11) is 0. The van der Waals surface area contributed by atoms with Gasteiger partial charge >= 0.3 is 0 Å². The number of pyridine rings is 1. The Kier molecular flexibility index (Phi) is 2.54. The van der Waals surface area contributed by atoms with Crippen molar-refractivity contribution in [3.05, 3.63) is 29.8 Å². The molecule has 1 aromatic heterocycles. The Bertz CT molecular complexity index is 265. The average Bonchev–Trinajstić information content (AvgIpc) is 2.62. The van der Waals surface area contributed by atoms with Gasteiger partial charge in [-0.3, -0.25) is 0 Å². The third-order valence-electron chi connectivity index (χ3n) is 2.43. The van der Waals surface area contributed by atoms with Crippen LogP contribution in [0.5, 0.6) is 0 Å². The Balaban J connectivity index is 1.97. The standard InChI is InChI=1S/C10H13FN2/c11-10-4-3-8(7-13-10)6-9-2-1-5-12-9/h3-4,7,9,12H,1-2,5-6H2. The van der Waals surface area contributed by atoms with E-state index in [0.29, 0.717) is 6.04 Å². The maximum atomic E-state index is 12.5. The summed E-state index contributed by atoms with van der Waals surface area (Å²) in [6, 6.07) is 3.79. The lowest BCUT2D eigenvalue weighted by Gasteiger charge is -2.08. The molecule has 1 aliphatic rings. The van der Waals surface area contributed by atoms with Crippen LogP contribution in [0.2, 0.25) is 0 Å². The summed E-state index contributed by atoms with van der Waals surface area (Å²) < 4.78 is 12.5. The molecule has 1 aliphatic heterocycles. The summed E-state index contributed by atoms with van der Waals surface area (Å²) in [5, 5.41) is 3.40. The summed E-state index contributed by atoms with van der Waals surface area (Å²) in [6.07, 6.45) is 5.05. The van der Waals surface area contributed by atoms with Crippen molar-refractivity contribution in [3.8, 4) is 0 Å². The monoisotopic (exact) mass is 180 g/mol. The molecule has 0 spiro atoms. The van der Waals surface area contributed by atoms with Gasteiger partial charge in [0.05, 0.1) is 0 Å². The Morgan fingerprint density at radius 3 is 3.08 bits per heavy atom. The van der Waals surface area contributed by atoms with Gasteiger partial charge in [0.1, 0.15) is 0 Å². The number of nitrogens with zero attached hydrogens (tertiary/aromatic N) is 1. The number of hydrogen-bond acceptors (Lipinski definition) is 2. The molecule has 70 valence electrons. The maximum absolute atomic E-state index is 12.5. The summed E-state index contributed by atoms with van der Waals surface area (Å²) in [4.78, 5) is 3.63. The van der Waals surface area contributed by atoms with E-state index in [1.54, 1.807) is 6.20 Å². The van der Waals surface area contributed by atoms with E-state index in [4.69, 9.17) is 0 Å². The minimum Gasteiger partial charge on any atom is -0.314 e. The lowest BCUT2D eigenvalue weighted by Crippen LogP contribution is -2.23. The predicted octanol–water partition coefficient (Wildman–Crippen LogP) is 1.52. The first-order valence-corrected chi connectivity index (χ1v) is 4.68. The van der Waals surface area contributed by atoms with E-state index in [1.165, 1.54) is 18.9 Å². The van der Waals surface area contributed by atoms with Crippen LogP contribution in [0.25, 0.3) is 0 Å². The molecule has 13 heavy (non-hydrogen) atoms. The fourth-order valence-electron chi connectivity index (χ4n) is 1.74. The van der Waals surface area contributed by atoms with E-state index in [1.807, 2.05) is 6.07 Å². The molecule has 1 saturated heterocycles. The quantitative estimate of drug-likeness (QED) is 0.698. The highest BCUT2D eigenvalue weighted by Crippen LogP contribution is 2.11. The van der Waals surface area contributed by atoms with Crippen LogP contribution in [-0.4, -0.2) is 17.6 Å². The highest BCUT2D eigenvalue weighted by atomic mass is 19.1. The lowest BCUT2D eigenvalue weighted by molar-refractivity contribution is 0.573. The molecule has 1 atom stereocenters. The number of hydrogen-bond donors (Lipinski definition) is 1. The van der Waals surface area contributed by atoms with Gasteiger partial charge in [-0.15, -0.1) is 0 Å². The van der Waals surface area contributed by atoms with Gasteiger partial charge < -0.3 is 5.32 Å². The molecule has 0 aliphatic carbocycles. The minimum absolute atomic E-state index is 0.400. The molecule has 1 unspecified atom stereocenters. The second-order valence-corrected chi connectivity index (χ2v) is 3.49. The molecule has 0 aromatic carbocycles. The van der Waals surface area contributed by atoms with Crippen LogP contribution in [0.3, 0.4) is 0 Å². The molecular formula is C10H13FN2. The zero-order valence-electron chi connectivity index (χ0n) is 7.46. The molecule has 0 amide bonds. The van der Waals surface area contributed by atoms with E-state index >= 15 is 0 Å². The molecule has 2 rings (SSSR count). The Hall–Kier alpha value is -0.960. The molecule has 1 N–H and O–H groups in total. The van der Waals surface area contributed by atoms with Crippen LogP contribution in [0.15, 0.2) is 18.3 Å². The van der Waals surface area contributed by atoms with Crippen LogP contribution in [-0.2, 0) is 6.42 Å². The first-order valence-electron chi connectivity index (χ1n) is 4.68. The first kappa shape index (κ1) is 8.63. The normalized spacial score (nSPS) is 22.1. The highest BCUT2D eigenvalue weighted by Gasteiger charge is 2.14. The van der Waals surface area contributed by atoms with E-state index in [2.05, 4.69) is 10.3 Å². The second-order valence-electron chi connectivity index (χ2n) is 3.49. The van der Waals surface area contributed by atoms with Gasteiger partial charge in [0.25, 0.3) is 0 Å². The molecule has 0 bridgehead atoms. The fraction of sp³-hybridized carbons (Fsp3) is 0.500. The van der Waals surface area contributed by atoms with Gasteiger partial charge in [-0.25, -0.2) is 4.98 Å². The lowest BCUT2D eigenvalue weighted by atomic mass is 10.1. The second kappa shape index (κ2) is 3.83. The SMILES string of the molecule is Fc1ccc(CC2CCCN2)cn1. The molecule has 0 radical (unpaired) electrons. The van der Waals surface area contributed by atoms with Crippen molar-refractivity contribution in [3.63, 3.8) is 0 Å². The van der Waals surface area contributed by atoms with Crippen molar-refractivity contribution >= 4 is 0 Å². The van der Waals surface area contributed by atoms with Crippen molar-refractivity contribution in [1.82, 2.24) is 10.3 Å². The fourth-order valence-corrected chi connectivity index (χ4v) is 1.74. The minimum atomic E-state index is -0.400. The van der Waals surface area contributed by atoms with Gasteiger partial charge in [-0.2, -0.15) is 4.39 Å². The number of nitrogens with one attached hydrogen (secondary N) is 1. The third kappa shape index (κ3) is 2.25. The van der Waals surface area contributed by atoms with Crippen molar-refractivity contribution < 1.29 is 4.39 Å². The summed E-state index contributed by atoms with van der Waals surface area (Å²) >= 11 is 0. The maximum Gasteiger partial charge on any atom is 0.212 e. The predicted molar refractivity (Wildman–Crippen MR) is 48.9 cm³/mol. The smallest absolute Gasteiger partial charge is 0.212 e. The molecule has 0 saturated carbocycles. The molecule has 2 heterocycles.